The number of hydrogen-bond acceptors (Lipinski definition) is 3. The van der Waals surface area contributed by atoms with Crippen LogP contribution in [0.25, 0.3) is 0 Å². The fraction of sp³-hybridized carbons (Fsp3) is 0.200. The summed E-state index contributed by atoms with van der Waals surface area (Å²) in [6, 6.07) is 6.96. The van der Waals surface area contributed by atoms with Crippen molar-refractivity contribution < 1.29 is 13.9 Å². The molecule has 0 aliphatic carbocycles. The summed E-state index contributed by atoms with van der Waals surface area (Å²) < 4.78 is 24.4. The molecule has 0 amide bonds. The van der Waals surface area contributed by atoms with Crippen LogP contribution in [-0.2, 0) is 0 Å². The third-order valence-corrected chi connectivity index (χ3v) is 3.74. The maximum atomic E-state index is 14.0. The number of methoxy groups -OCH3 is 2. The first kappa shape index (κ1) is 15.9. The van der Waals surface area contributed by atoms with E-state index in [2.05, 4.69) is 0 Å². The highest BCUT2D eigenvalue weighted by Crippen LogP contribution is 2.40. The number of rotatable bonds is 4. The molecule has 0 heterocycles. The first-order chi connectivity index (χ1) is 9.99. The smallest absolute Gasteiger partial charge is 0.146 e. The Balaban J connectivity index is 2.52. The van der Waals surface area contributed by atoms with Gasteiger partial charge in [-0.3, -0.25) is 0 Å². The summed E-state index contributed by atoms with van der Waals surface area (Å²) in [5.74, 6) is 0.336. The van der Waals surface area contributed by atoms with Crippen LogP contribution in [0, 0.1) is 5.82 Å². The molecular formula is C15H14Cl2FNO2. The van der Waals surface area contributed by atoms with E-state index < -0.39 is 11.9 Å². The number of benzene rings is 2. The Bertz CT molecular complexity index is 664. The van der Waals surface area contributed by atoms with Gasteiger partial charge in [0, 0.05) is 16.1 Å². The zero-order valence-electron chi connectivity index (χ0n) is 11.5. The van der Waals surface area contributed by atoms with Gasteiger partial charge < -0.3 is 15.2 Å². The van der Waals surface area contributed by atoms with E-state index in [1.807, 2.05) is 0 Å². The lowest BCUT2D eigenvalue weighted by Gasteiger charge is -2.19. The Morgan fingerprint density at radius 3 is 2.29 bits per heavy atom. The summed E-state index contributed by atoms with van der Waals surface area (Å²) >= 11 is 11.9. The Labute approximate surface area is 132 Å². The molecule has 6 heteroatoms. The second-order valence-corrected chi connectivity index (χ2v) is 5.16. The van der Waals surface area contributed by atoms with Crippen molar-refractivity contribution in [3.05, 3.63) is 57.3 Å². The summed E-state index contributed by atoms with van der Waals surface area (Å²) in [7, 11) is 2.97. The summed E-state index contributed by atoms with van der Waals surface area (Å²) in [6.07, 6.45) is 0. The third kappa shape index (κ3) is 3.07. The van der Waals surface area contributed by atoms with E-state index in [9.17, 15) is 4.39 Å². The Kier molecular flexibility index (Phi) is 4.93. The van der Waals surface area contributed by atoms with Gasteiger partial charge in [-0.1, -0.05) is 29.3 Å². The Morgan fingerprint density at radius 2 is 1.71 bits per heavy atom. The third-order valence-electron chi connectivity index (χ3n) is 3.15. The maximum Gasteiger partial charge on any atom is 0.146 e. The van der Waals surface area contributed by atoms with Gasteiger partial charge in [0.05, 0.1) is 20.3 Å². The average molecular weight is 330 g/mol. The normalized spacial score (nSPS) is 12.1. The van der Waals surface area contributed by atoms with Gasteiger partial charge in [-0.15, -0.1) is 0 Å². The van der Waals surface area contributed by atoms with E-state index in [0.29, 0.717) is 32.7 Å². The molecule has 0 saturated heterocycles. The van der Waals surface area contributed by atoms with Crippen LogP contribution in [-0.4, -0.2) is 14.2 Å². The van der Waals surface area contributed by atoms with E-state index in [0.717, 1.165) is 0 Å². The van der Waals surface area contributed by atoms with Crippen molar-refractivity contribution in [3.8, 4) is 11.5 Å². The zero-order valence-corrected chi connectivity index (χ0v) is 13.0. The van der Waals surface area contributed by atoms with Crippen molar-refractivity contribution in [2.24, 2.45) is 5.73 Å². The van der Waals surface area contributed by atoms with Gasteiger partial charge in [-0.05, 0) is 24.3 Å². The topological polar surface area (TPSA) is 44.5 Å². The fourth-order valence-electron chi connectivity index (χ4n) is 2.08. The zero-order chi connectivity index (χ0) is 15.6. The Morgan fingerprint density at radius 1 is 1.05 bits per heavy atom. The highest BCUT2D eigenvalue weighted by molar-refractivity contribution is 6.33. The van der Waals surface area contributed by atoms with Crippen LogP contribution in [0.4, 0.5) is 4.39 Å². The average Bonchev–Trinajstić information content (AvgIpc) is 2.46. The molecule has 2 aromatic rings. The molecule has 0 bridgehead atoms. The highest BCUT2D eigenvalue weighted by Gasteiger charge is 2.21. The Hall–Kier alpha value is -1.49. The molecule has 0 fully saturated rings. The SMILES string of the molecule is COc1ccc(C(N)c2ccc(Cl)cc2F)c(OC)c1Cl. The first-order valence-electron chi connectivity index (χ1n) is 6.10. The van der Waals surface area contributed by atoms with Crippen LogP contribution in [0.3, 0.4) is 0 Å². The molecule has 2 aromatic carbocycles. The minimum atomic E-state index is -0.736. The largest absolute Gasteiger partial charge is 0.495 e. The quantitative estimate of drug-likeness (QED) is 0.914. The van der Waals surface area contributed by atoms with Crippen molar-refractivity contribution >= 4 is 23.2 Å². The lowest BCUT2D eigenvalue weighted by atomic mass is 9.98. The standard InChI is InChI=1S/C15H14Cl2FNO2/c1-20-12-6-5-10(15(21-2)13(12)17)14(19)9-4-3-8(16)7-11(9)18/h3-7,14H,19H2,1-2H3. The van der Waals surface area contributed by atoms with Crippen LogP contribution in [0.2, 0.25) is 10.0 Å². The van der Waals surface area contributed by atoms with E-state index in [1.165, 1.54) is 20.3 Å². The predicted molar refractivity (Wildman–Crippen MR) is 82.0 cm³/mol. The van der Waals surface area contributed by atoms with Crippen molar-refractivity contribution in [2.45, 2.75) is 6.04 Å². The van der Waals surface area contributed by atoms with Gasteiger partial charge >= 0.3 is 0 Å². The molecule has 21 heavy (non-hydrogen) atoms. The molecule has 1 unspecified atom stereocenters. The lowest BCUT2D eigenvalue weighted by Crippen LogP contribution is -2.15. The van der Waals surface area contributed by atoms with Crippen LogP contribution < -0.4 is 15.2 Å². The number of nitrogens with two attached hydrogens (primary N) is 1. The molecule has 3 nitrogen and oxygen atoms in total. The van der Waals surface area contributed by atoms with Crippen LogP contribution >= 0.6 is 23.2 Å². The molecule has 0 aromatic heterocycles. The second-order valence-electron chi connectivity index (χ2n) is 4.35. The fourth-order valence-corrected chi connectivity index (χ4v) is 2.57. The molecule has 0 aliphatic rings. The molecule has 0 radical (unpaired) electrons. The molecular weight excluding hydrogens is 316 g/mol. The summed E-state index contributed by atoms with van der Waals surface area (Å²) in [5.41, 5.74) is 7.01. The van der Waals surface area contributed by atoms with Gasteiger partial charge in [0.25, 0.3) is 0 Å². The molecule has 1 atom stereocenters. The van der Waals surface area contributed by atoms with Gasteiger partial charge in [-0.2, -0.15) is 0 Å². The van der Waals surface area contributed by atoms with Gasteiger partial charge in [-0.25, -0.2) is 4.39 Å². The minimum Gasteiger partial charge on any atom is -0.495 e. The van der Waals surface area contributed by atoms with Crippen LogP contribution in [0.5, 0.6) is 11.5 Å². The molecule has 2 rings (SSSR count). The summed E-state index contributed by atoms with van der Waals surface area (Å²) in [5, 5.41) is 0.602. The summed E-state index contributed by atoms with van der Waals surface area (Å²) in [4.78, 5) is 0. The van der Waals surface area contributed by atoms with E-state index >= 15 is 0 Å². The monoisotopic (exact) mass is 329 g/mol. The molecule has 0 aliphatic heterocycles. The van der Waals surface area contributed by atoms with E-state index in [-0.39, 0.29) is 0 Å². The predicted octanol–water partition coefficient (Wildman–Crippen LogP) is 4.20. The van der Waals surface area contributed by atoms with Crippen molar-refractivity contribution in [1.82, 2.24) is 0 Å². The number of halogens is 3. The maximum absolute atomic E-state index is 14.0. The van der Waals surface area contributed by atoms with Crippen LogP contribution in [0.1, 0.15) is 17.2 Å². The molecule has 112 valence electrons. The van der Waals surface area contributed by atoms with Crippen molar-refractivity contribution in [1.29, 1.82) is 0 Å². The molecule has 2 N–H and O–H groups in total. The number of hydrogen-bond donors (Lipinski definition) is 1. The molecule has 0 spiro atoms. The van der Waals surface area contributed by atoms with Gasteiger partial charge in [0.15, 0.2) is 0 Å². The van der Waals surface area contributed by atoms with Crippen LogP contribution in [0.15, 0.2) is 30.3 Å². The highest BCUT2D eigenvalue weighted by atomic mass is 35.5. The van der Waals surface area contributed by atoms with Crippen molar-refractivity contribution in [3.63, 3.8) is 0 Å². The van der Waals surface area contributed by atoms with Gasteiger partial charge in [0.1, 0.15) is 22.3 Å². The minimum absolute atomic E-state index is 0.294. The second kappa shape index (κ2) is 6.52. The summed E-state index contributed by atoms with van der Waals surface area (Å²) in [6.45, 7) is 0. The van der Waals surface area contributed by atoms with E-state index in [4.69, 9.17) is 38.4 Å². The first-order valence-corrected chi connectivity index (χ1v) is 6.86. The van der Waals surface area contributed by atoms with Crippen molar-refractivity contribution in [2.75, 3.05) is 14.2 Å². The number of ether oxygens (including phenoxy) is 2. The van der Waals surface area contributed by atoms with E-state index in [1.54, 1.807) is 24.3 Å². The molecule has 0 saturated carbocycles. The lowest BCUT2D eigenvalue weighted by molar-refractivity contribution is 0.390. The van der Waals surface area contributed by atoms with Gasteiger partial charge in [0.2, 0.25) is 0 Å².